The molecule has 0 bridgehead atoms. The smallest absolute Gasteiger partial charge is 0.298 e. The van der Waals surface area contributed by atoms with Crippen molar-refractivity contribution in [2.45, 2.75) is 6.42 Å². The first-order valence-corrected chi connectivity index (χ1v) is 5.15. The van der Waals surface area contributed by atoms with Crippen LogP contribution in [-0.2, 0) is 0 Å². The summed E-state index contributed by atoms with van der Waals surface area (Å²) in [5.41, 5.74) is 0.999. The molecule has 1 amide bonds. The molecule has 1 aromatic carbocycles. The van der Waals surface area contributed by atoms with Gasteiger partial charge in [0.05, 0.1) is 5.69 Å². The van der Waals surface area contributed by atoms with Gasteiger partial charge in [-0.15, -0.1) is 0 Å². The number of carbonyl (C=O) groups is 2. The van der Waals surface area contributed by atoms with Crippen LogP contribution in [0.3, 0.4) is 0 Å². The highest BCUT2D eigenvalue weighted by Crippen LogP contribution is 2.30. The highest BCUT2D eigenvalue weighted by atomic mass is 35.5. The number of halogens is 2. The molecule has 0 saturated heterocycles. The lowest BCUT2D eigenvalue weighted by Gasteiger charge is -2.26. The summed E-state index contributed by atoms with van der Waals surface area (Å²) >= 11 is 11.2. The molecule has 78 valence electrons. The Labute approximate surface area is 96.6 Å². The van der Waals surface area contributed by atoms with Crippen molar-refractivity contribution >= 4 is 40.0 Å². The molecule has 1 aromatic rings. The summed E-state index contributed by atoms with van der Waals surface area (Å²) in [6, 6.07) is 4.83. The average molecular weight is 244 g/mol. The second kappa shape index (κ2) is 3.83. The van der Waals surface area contributed by atoms with Crippen molar-refractivity contribution in [2.75, 3.05) is 11.4 Å². The monoisotopic (exact) mass is 243 g/mol. The number of benzene rings is 1. The van der Waals surface area contributed by atoms with E-state index in [9.17, 15) is 9.59 Å². The van der Waals surface area contributed by atoms with Gasteiger partial charge in [0.15, 0.2) is 5.78 Å². The number of anilines is 1. The third-order valence-corrected chi connectivity index (χ3v) is 2.76. The molecular weight excluding hydrogens is 237 g/mol. The molecule has 0 spiro atoms. The molecule has 0 aliphatic carbocycles. The topological polar surface area (TPSA) is 37.4 Å². The first-order chi connectivity index (χ1) is 7.09. The van der Waals surface area contributed by atoms with Gasteiger partial charge >= 0.3 is 5.37 Å². The van der Waals surface area contributed by atoms with Gasteiger partial charge in [-0.3, -0.25) is 14.5 Å². The van der Waals surface area contributed by atoms with Crippen molar-refractivity contribution in [2.24, 2.45) is 0 Å². The highest BCUT2D eigenvalue weighted by molar-refractivity contribution is 6.66. The number of hydrogen-bond acceptors (Lipinski definition) is 2. The first kappa shape index (κ1) is 10.5. The number of hydrogen-bond donors (Lipinski definition) is 0. The SMILES string of the molecule is O=C1CCN(C(=O)Cl)c2ccc(Cl)cc21. The highest BCUT2D eigenvalue weighted by Gasteiger charge is 2.26. The van der Waals surface area contributed by atoms with Crippen LogP contribution in [0, 0.1) is 0 Å². The van der Waals surface area contributed by atoms with E-state index in [-0.39, 0.29) is 12.2 Å². The molecule has 2 rings (SSSR count). The number of amides is 1. The number of rotatable bonds is 0. The maximum absolute atomic E-state index is 11.6. The first-order valence-electron chi connectivity index (χ1n) is 4.39. The fourth-order valence-corrected chi connectivity index (χ4v) is 1.97. The van der Waals surface area contributed by atoms with Crippen LogP contribution in [0.4, 0.5) is 10.5 Å². The largest absolute Gasteiger partial charge is 0.320 e. The molecule has 0 aromatic heterocycles. The summed E-state index contributed by atoms with van der Waals surface area (Å²) in [6.45, 7) is 0.329. The van der Waals surface area contributed by atoms with Crippen LogP contribution >= 0.6 is 23.2 Å². The van der Waals surface area contributed by atoms with E-state index in [4.69, 9.17) is 23.2 Å². The Hall–Kier alpha value is -1.06. The van der Waals surface area contributed by atoms with E-state index in [0.717, 1.165) is 0 Å². The van der Waals surface area contributed by atoms with Crippen molar-refractivity contribution in [1.82, 2.24) is 0 Å². The lowest BCUT2D eigenvalue weighted by atomic mass is 10.0. The van der Waals surface area contributed by atoms with Crippen molar-refractivity contribution in [3.63, 3.8) is 0 Å². The molecule has 1 heterocycles. The van der Waals surface area contributed by atoms with E-state index in [1.165, 1.54) is 4.90 Å². The van der Waals surface area contributed by atoms with Gasteiger partial charge in [0.1, 0.15) is 0 Å². The normalized spacial score (nSPS) is 15.1. The van der Waals surface area contributed by atoms with Gasteiger partial charge in [-0.2, -0.15) is 0 Å². The summed E-state index contributed by atoms with van der Waals surface area (Å²) in [5, 5.41) is -0.1000. The van der Waals surface area contributed by atoms with Crippen LogP contribution in [0.25, 0.3) is 0 Å². The summed E-state index contributed by atoms with van der Waals surface area (Å²) in [6.07, 6.45) is 0.284. The van der Waals surface area contributed by atoms with Crippen LogP contribution in [0.2, 0.25) is 5.02 Å². The second-order valence-electron chi connectivity index (χ2n) is 3.24. The van der Waals surface area contributed by atoms with E-state index in [1.807, 2.05) is 0 Å². The molecule has 0 fully saturated rings. The molecule has 1 aliphatic heterocycles. The molecule has 15 heavy (non-hydrogen) atoms. The zero-order valence-corrected chi connectivity index (χ0v) is 9.18. The summed E-state index contributed by atoms with van der Waals surface area (Å²) in [5.74, 6) is -0.0123. The second-order valence-corrected chi connectivity index (χ2v) is 4.00. The Morgan fingerprint density at radius 2 is 2.13 bits per heavy atom. The minimum Gasteiger partial charge on any atom is -0.298 e. The fraction of sp³-hybridized carbons (Fsp3) is 0.200. The molecule has 0 unspecified atom stereocenters. The fourth-order valence-electron chi connectivity index (χ4n) is 1.62. The molecule has 3 nitrogen and oxygen atoms in total. The number of Topliss-reactive ketones (excluding diaryl/α,β-unsaturated/α-hetero) is 1. The third-order valence-electron chi connectivity index (χ3n) is 2.32. The van der Waals surface area contributed by atoms with Gasteiger partial charge in [0.2, 0.25) is 0 Å². The number of nitrogens with zero attached hydrogens (tertiary/aromatic N) is 1. The number of fused-ring (bicyclic) bond motifs is 1. The minimum atomic E-state index is -0.578. The summed E-state index contributed by atoms with van der Waals surface area (Å²) in [4.78, 5) is 24.0. The Morgan fingerprint density at radius 3 is 2.80 bits per heavy atom. The Balaban J connectivity index is 2.55. The summed E-state index contributed by atoms with van der Waals surface area (Å²) < 4.78 is 0. The number of ketones is 1. The Bertz CT molecular complexity index is 445. The maximum atomic E-state index is 11.6. The maximum Gasteiger partial charge on any atom is 0.320 e. The average Bonchev–Trinajstić information content (AvgIpc) is 2.19. The van der Waals surface area contributed by atoms with Gasteiger partial charge in [-0.05, 0) is 29.8 Å². The van der Waals surface area contributed by atoms with Crippen LogP contribution in [-0.4, -0.2) is 17.7 Å². The molecule has 0 saturated carbocycles. The minimum absolute atomic E-state index is 0.0123. The quantitative estimate of drug-likeness (QED) is 0.519. The molecule has 0 radical (unpaired) electrons. The molecule has 5 heteroatoms. The van der Waals surface area contributed by atoms with Gasteiger partial charge in [-0.25, -0.2) is 0 Å². The standard InChI is InChI=1S/C10H7Cl2NO2/c11-6-1-2-8-7(5-6)9(14)3-4-13(8)10(12)15/h1-2,5H,3-4H2. The van der Waals surface area contributed by atoms with Crippen molar-refractivity contribution in [3.05, 3.63) is 28.8 Å². The predicted octanol–water partition coefficient (Wildman–Crippen LogP) is 3.09. The van der Waals surface area contributed by atoms with Crippen LogP contribution in [0.1, 0.15) is 16.8 Å². The zero-order valence-electron chi connectivity index (χ0n) is 7.67. The zero-order chi connectivity index (χ0) is 11.0. The Kier molecular flexibility index (Phi) is 2.67. The van der Waals surface area contributed by atoms with Crippen LogP contribution < -0.4 is 4.90 Å². The Morgan fingerprint density at radius 1 is 1.40 bits per heavy atom. The van der Waals surface area contributed by atoms with Crippen molar-refractivity contribution < 1.29 is 9.59 Å². The van der Waals surface area contributed by atoms with E-state index in [2.05, 4.69) is 0 Å². The molecular formula is C10H7Cl2NO2. The van der Waals surface area contributed by atoms with Gasteiger partial charge in [0, 0.05) is 23.6 Å². The lowest BCUT2D eigenvalue weighted by Crippen LogP contribution is -2.33. The van der Waals surface area contributed by atoms with Gasteiger partial charge in [0.25, 0.3) is 0 Å². The van der Waals surface area contributed by atoms with E-state index in [0.29, 0.717) is 22.8 Å². The van der Waals surface area contributed by atoms with Crippen LogP contribution in [0.5, 0.6) is 0 Å². The number of carbonyl (C=O) groups excluding carboxylic acids is 2. The van der Waals surface area contributed by atoms with Gasteiger partial charge < -0.3 is 0 Å². The van der Waals surface area contributed by atoms with Gasteiger partial charge in [-0.1, -0.05) is 11.6 Å². The summed E-state index contributed by atoms with van der Waals surface area (Å²) in [7, 11) is 0. The molecule has 0 atom stereocenters. The van der Waals surface area contributed by atoms with E-state index >= 15 is 0 Å². The third kappa shape index (κ3) is 1.85. The predicted molar refractivity (Wildman–Crippen MR) is 59.0 cm³/mol. The van der Waals surface area contributed by atoms with Crippen molar-refractivity contribution in [3.8, 4) is 0 Å². The molecule has 1 aliphatic rings. The van der Waals surface area contributed by atoms with Crippen LogP contribution in [0.15, 0.2) is 18.2 Å². The van der Waals surface area contributed by atoms with E-state index < -0.39 is 5.37 Å². The van der Waals surface area contributed by atoms with E-state index in [1.54, 1.807) is 18.2 Å². The molecule has 0 N–H and O–H groups in total. The lowest BCUT2D eigenvalue weighted by molar-refractivity contribution is 0.0981. The van der Waals surface area contributed by atoms with Crippen molar-refractivity contribution in [1.29, 1.82) is 0 Å².